The van der Waals surface area contributed by atoms with E-state index in [1.807, 2.05) is 18.2 Å². The maximum Gasteiger partial charge on any atom is 0.316 e. The number of thiazole rings is 1. The molecular formula is C19H23NO2S2. The molecule has 0 radical (unpaired) electrons. The minimum absolute atomic E-state index is 0.0784. The van der Waals surface area contributed by atoms with Crippen molar-refractivity contribution < 1.29 is 9.53 Å². The molecular weight excluding hydrogens is 338 g/mol. The molecule has 128 valence electrons. The van der Waals surface area contributed by atoms with Gasteiger partial charge in [-0.15, -0.1) is 11.3 Å². The highest BCUT2D eigenvalue weighted by Gasteiger charge is 2.62. The van der Waals surface area contributed by atoms with Gasteiger partial charge in [-0.05, 0) is 42.7 Å². The average molecular weight is 362 g/mol. The van der Waals surface area contributed by atoms with Gasteiger partial charge in [0.1, 0.15) is 6.10 Å². The van der Waals surface area contributed by atoms with Crippen molar-refractivity contribution in [2.24, 2.45) is 16.7 Å². The van der Waals surface area contributed by atoms with Crippen LogP contribution < -0.4 is 0 Å². The lowest BCUT2D eigenvalue weighted by Crippen LogP contribution is -2.38. The summed E-state index contributed by atoms with van der Waals surface area (Å²) in [6.45, 7) is 6.99. The van der Waals surface area contributed by atoms with Crippen molar-refractivity contribution in [3.63, 3.8) is 0 Å². The number of aromatic nitrogens is 1. The van der Waals surface area contributed by atoms with Gasteiger partial charge in [0, 0.05) is 5.41 Å². The smallest absolute Gasteiger partial charge is 0.316 e. The molecule has 2 aliphatic rings. The normalized spacial score (nSPS) is 30.8. The van der Waals surface area contributed by atoms with Crippen LogP contribution in [0.3, 0.4) is 0 Å². The molecule has 1 heterocycles. The Balaban J connectivity index is 1.37. The first-order valence-electron chi connectivity index (χ1n) is 8.58. The van der Waals surface area contributed by atoms with Crippen LogP contribution in [0.1, 0.15) is 40.0 Å². The first-order valence-corrected chi connectivity index (χ1v) is 10.4. The van der Waals surface area contributed by atoms with E-state index < -0.39 is 0 Å². The summed E-state index contributed by atoms with van der Waals surface area (Å²) in [5.74, 6) is 0.934. The number of para-hydroxylation sites is 1. The molecule has 3 nitrogen and oxygen atoms in total. The topological polar surface area (TPSA) is 39.2 Å². The Morgan fingerprint density at radius 3 is 2.83 bits per heavy atom. The van der Waals surface area contributed by atoms with Crippen LogP contribution in [-0.4, -0.2) is 22.8 Å². The number of carbonyl (C=O) groups excluding carboxylic acids is 1. The number of thioether (sulfide) groups is 1. The van der Waals surface area contributed by atoms with Crippen LogP contribution in [0.15, 0.2) is 28.6 Å². The summed E-state index contributed by atoms with van der Waals surface area (Å²) in [6.07, 6.45) is 3.56. The molecule has 4 rings (SSSR count). The number of rotatable bonds is 4. The Hall–Kier alpha value is -1.07. The summed E-state index contributed by atoms with van der Waals surface area (Å²) in [4.78, 5) is 16.9. The van der Waals surface area contributed by atoms with Gasteiger partial charge in [-0.25, -0.2) is 4.98 Å². The van der Waals surface area contributed by atoms with Crippen molar-refractivity contribution in [1.29, 1.82) is 0 Å². The summed E-state index contributed by atoms with van der Waals surface area (Å²) in [5.41, 5.74) is 1.41. The predicted molar refractivity (Wildman–Crippen MR) is 99.5 cm³/mol. The summed E-state index contributed by atoms with van der Waals surface area (Å²) in [5, 5.41) is 0. The van der Waals surface area contributed by atoms with Crippen molar-refractivity contribution in [3.05, 3.63) is 24.3 Å². The molecule has 24 heavy (non-hydrogen) atoms. The lowest BCUT2D eigenvalue weighted by atomic mass is 9.70. The van der Waals surface area contributed by atoms with E-state index in [1.54, 1.807) is 11.3 Å². The van der Waals surface area contributed by atoms with Gasteiger partial charge in [0.15, 0.2) is 4.34 Å². The highest BCUT2D eigenvalue weighted by atomic mass is 32.2. The number of fused-ring (bicyclic) bond motifs is 3. The van der Waals surface area contributed by atoms with Crippen LogP contribution in [-0.2, 0) is 9.53 Å². The van der Waals surface area contributed by atoms with E-state index in [4.69, 9.17) is 4.74 Å². The second kappa shape index (κ2) is 5.73. The number of ether oxygens (including phenoxy) is 1. The van der Waals surface area contributed by atoms with Gasteiger partial charge < -0.3 is 4.74 Å². The number of esters is 1. The van der Waals surface area contributed by atoms with Crippen molar-refractivity contribution in [2.75, 3.05) is 5.75 Å². The highest BCUT2D eigenvalue weighted by Crippen LogP contribution is 2.66. The van der Waals surface area contributed by atoms with Crippen molar-refractivity contribution >= 4 is 39.3 Å². The number of hydrogen-bond acceptors (Lipinski definition) is 5. The Kier molecular flexibility index (Phi) is 3.92. The zero-order valence-corrected chi connectivity index (χ0v) is 16.0. The monoisotopic (exact) mass is 361 g/mol. The molecule has 2 bridgehead atoms. The first-order chi connectivity index (χ1) is 11.4. The van der Waals surface area contributed by atoms with E-state index in [1.165, 1.54) is 24.6 Å². The molecule has 2 saturated carbocycles. The molecule has 0 aliphatic heterocycles. The molecule has 0 unspecified atom stereocenters. The summed E-state index contributed by atoms with van der Waals surface area (Å²) < 4.78 is 8.00. The van der Waals surface area contributed by atoms with Crippen LogP contribution in [0.4, 0.5) is 0 Å². The molecule has 0 N–H and O–H groups in total. The zero-order chi connectivity index (χ0) is 16.9. The fraction of sp³-hybridized carbons (Fsp3) is 0.579. The molecule has 2 fully saturated rings. The van der Waals surface area contributed by atoms with Crippen LogP contribution in [0.5, 0.6) is 0 Å². The lowest BCUT2D eigenvalue weighted by Gasteiger charge is -2.38. The van der Waals surface area contributed by atoms with Crippen LogP contribution in [0.25, 0.3) is 10.2 Å². The molecule has 2 aromatic rings. The lowest BCUT2D eigenvalue weighted by molar-refractivity contribution is -0.153. The van der Waals surface area contributed by atoms with E-state index in [0.717, 1.165) is 21.0 Å². The number of benzene rings is 1. The molecule has 3 atom stereocenters. The van der Waals surface area contributed by atoms with E-state index in [9.17, 15) is 4.79 Å². The molecule has 1 aromatic heterocycles. The molecule has 1 aromatic carbocycles. The van der Waals surface area contributed by atoms with E-state index >= 15 is 0 Å². The maximum absolute atomic E-state index is 12.4. The van der Waals surface area contributed by atoms with Gasteiger partial charge in [0.25, 0.3) is 0 Å². The van der Waals surface area contributed by atoms with Crippen molar-refractivity contribution in [2.45, 2.75) is 50.5 Å². The molecule has 2 aliphatic carbocycles. The van der Waals surface area contributed by atoms with Gasteiger partial charge in [-0.3, -0.25) is 4.79 Å². The SMILES string of the molecule is CC1(C)[C@@H]2CC[C@@]1(C)[C@H](OC(=O)CSc1nc3ccccc3s1)C2. The second-order valence-corrected chi connectivity index (χ2v) is 10.1. The van der Waals surface area contributed by atoms with Gasteiger partial charge in [-0.1, -0.05) is 44.7 Å². The van der Waals surface area contributed by atoms with Crippen molar-refractivity contribution in [1.82, 2.24) is 4.98 Å². The van der Waals surface area contributed by atoms with Crippen molar-refractivity contribution in [3.8, 4) is 0 Å². The Bertz CT molecular complexity index is 752. The predicted octanol–water partition coefficient (Wildman–Crippen LogP) is 5.15. The molecule has 0 spiro atoms. The number of carbonyl (C=O) groups is 1. The number of nitrogens with zero attached hydrogens (tertiary/aromatic N) is 1. The third-order valence-electron chi connectivity index (χ3n) is 6.58. The minimum Gasteiger partial charge on any atom is -0.461 e. The van der Waals surface area contributed by atoms with E-state index in [2.05, 4.69) is 31.8 Å². The Morgan fingerprint density at radius 1 is 1.38 bits per heavy atom. The molecule has 0 amide bonds. The quantitative estimate of drug-likeness (QED) is 0.558. The fourth-order valence-corrected chi connectivity index (χ4v) is 6.39. The van der Waals surface area contributed by atoms with E-state index in [0.29, 0.717) is 11.7 Å². The van der Waals surface area contributed by atoms with Gasteiger partial charge in [0.2, 0.25) is 0 Å². The number of hydrogen-bond donors (Lipinski definition) is 0. The second-order valence-electron chi connectivity index (χ2n) is 7.83. The van der Waals surface area contributed by atoms with E-state index in [-0.39, 0.29) is 22.9 Å². The largest absolute Gasteiger partial charge is 0.461 e. The van der Waals surface area contributed by atoms with Gasteiger partial charge >= 0.3 is 5.97 Å². The van der Waals surface area contributed by atoms with Crippen LogP contribution >= 0.6 is 23.1 Å². The third kappa shape index (κ3) is 2.48. The standard InChI is InChI=1S/C19H23NO2S2/c1-18(2)12-8-9-19(18,3)15(10-12)22-16(21)11-23-17-20-13-6-4-5-7-14(13)24-17/h4-7,12,15H,8-11H2,1-3H3/t12-,15-,19+/m1/s1. The zero-order valence-electron chi connectivity index (χ0n) is 14.4. The van der Waals surface area contributed by atoms with Gasteiger partial charge in [-0.2, -0.15) is 0 Å². The fourth-order valence-electron chi connectivity index (χ4n) is 4.53. The maximum atomic E-state index is 12.4. The Labute approximate surface area is 151 Å². The summed E-state index contributed by atoms with van der Waals surface area (Å²) >= 11 is 3.13. The average Bonchev–Trinajstić information content (AvgIpc) is 3.11. The Morgan fingerprint density at radius 2 is 2.17 bits per heavy atom. The van der Waals surface area contributed by atoms with Crippen LogP contribution in [0, 0.1) is 16.7 Å². The molecule has 5 heteroatoms. The summed E-state index contributed by atoms with van der Waals surface area (Å²) in [7, 11) is 0. The first kappa shape index (κ1) is 16.4. The minimum atomic E-state index is -0.103. The third-order valence-corrected chi connectivity index (χ3v) is 8.73. The molecule has 0 saturated heterocycles. The summed E-state index contributed by atoms with van der Waals surface area (Å²) in [6, 6.07) is 8.07. The van der Waals surface area contributed by atoms with Gasteiger partial charge in [0.05, 0.1) is 16.0 Å². The van der Waals surface area contributed by atoms with Crippen LogP contribution in [0.2, 0.25) is 0 Å². The highest BCUT2D eigenvalue weighted by molar-refractivity contribution is 8.01.